The van der Waals surface area contributed by atoms with Gasteiger partial charge in [-0.05, 0) is 48.4 Å². The van der Waals surface area contributed by atoms with Crippen LogP contribution in [0.2, 0.25) is 0 Å². The summed E-state index contributed by atoms with van der Waals surface area (Å²) in [4.78, 5) is 29.9. The number of aryl methyl sites for hydroxylation is 1. The Kier molecular flexibility index (Phi) is 5.99. The van der Waals surface area contributed by atoms with Crippen LogP contribution < -0.4 is 10.6 Å². The molecule has 5 rings (SSSR count). The van der Waals surface area contributed by atoms with Crippen LogP contribution in [0.3, 0.4) is 0 Å². The van der Waals surface area contributed by atoms with E-state index in [-0.39, 0.29) is 12.5 Å². The summed E-state index contributed by atoms with van der Waals surface area (Å²) in [5.41, 5.74) is 6.23. The van der Waals surface area contributed by atoms with Crippen LogP contribution in [-0.2, 0) is 13.1 Å². The van der Waals surface area contributed by atoms with Crippen molar-refractivity contribution in [2.24, 2.45) is 0 Å². The zero-order valence-corrected chi connectivity index (χ0v) is 18.7. The Hall–Kier alpha value is -4.52. The number of fused-ring (bicyclic) bond motifs is 1. The van der Waals surface area contributed by atoms with Crippen LogP contribution in [0.4, 0.5) is 5.82 Å². The van der Waals surface area contributed by atoms with E-state index in [1.165, 1.54) is 0 Å². The van der Waals surface area contributed by atoms with Crippen LogP contribution in [0.1, 0.15) is 27.3 Å². The first-order valence-corrected chi connectivity index (χ1v) is 11.1. The van der Waals surface area contributed by atoms with Gasteiger partial charge in [-0.1, -0.05) is 42.5 Å². The van der Waals surface area contributed by atoms with Crippen molar-refractivity contribution in [1.82, 2.24) is 25.3 Å². The third-order valence-corrected chi connectivity index (χ3v) is 5.60. The highest BCUT2D eigenvalue weighted by Crippen LogP contribution is 2.25. The summed E-state index contributed by atoms with van der Waals surface area (Å²) in [6.07, 6.45) is 3.52. The van der Waals surface area contributed by atoms with Crippen molar-refractivity contribution in [3.63, 3.8) is 0 Å². The van der Waals surface area contributed by atoms with Crippen LogP contribution >= 0.6 is 0 Å². The number of nitrogens with zero attached hydrogens (tertiary/aromatic N) is 3. The fourth-order valence-electron chi connectivity index (χ4n) is 3.82. The van der Waals surface area contributed by atoms with Crippen molar-refractivity contribution in [3.8, 4) is 11.3 Å². The Balaban J connectivity index is 1.40. The molecule has 0 aliphatic rings. The molecular formula is C27H24N6O. The number of nitrogens with one attached hydrogen (secondary N) is 3. The highest BCUT2D eigenvalue weighted by Gasteiger charge is 2.16. The van der Waals surface area contributed by atoms with Crippen LogP contribution in [-0.4, -0.2) is 25.8 Å². The summed E-state index contributed by atoms with van der Waals surface area (Å²) in [6, 6.07) is 23.4. The summed E-state index contributed by atoms with van der Waals surface area (Å²) in [5.74, 6) is 0.994. The molecule has 2 aromatic carbocycles. The normalized spacial score (nSPS) is 10.9. The van der Waals surface area contributed by atoms with Crippen molar-refractivity contribution in [3.05, 3.63) is 108 Å². The summed E-state index contributed by atoms with van der Waals surface area (Å²) in [5, 5.41) is 6.28. The number of hydrogen-bond donors (Lipinski definition) is 3. The molecule has 34 heavy (non-hydrogen) atoms. The minimum Gasteiger partial charge on any atom is -0.365 e. The monoisotopic (exact) mass is 448 g/mol. The predicted molar refractivity (Wildman–Crippen MR) is 133 cm³/mol. The number of aromatic amines is 1. The van der Waals surface area contributed by atoms with Gasteiger partial charge < -0.3 is 15.6 Å². The second-order valence-electron chi connectivity index (χ2n) is 8.01. The summed E-state index contributed by atoms with van der Waals surface area (Å²) < 4.78 is 0. The molecule has 0 saturated carbocycles. The Morgan fingerprint density at radius 3 is 2.59 bits per heavy atom. The van der Waals surface area contributed by atoms with Crippen molar-refractivity contribution in [2.75, 3.05) is 5.32 Å². The van der Waals surface area contributed by atoms with E-state index >= 15 is 0 Å². The minimum atomic E-state index is -0.224. The molecule has 3 aromatic heterocycles. The number of para-hydroxylation sites is 2. The van der Waals surface area contributed by atoms with E-state index in [1.54, 1.807) is 12.4 Å². The van der Waals surface area contributed by atoms with Gasteiger partial charge in [-0.3, -0.25) is 9.78 Å². The molecule has 0 fully saturated rings. The number of rotatable bonds is 7. The lowest BCUT2D eigenvalue weighted by molar-refractivity contribution is 0.0950. The highest BCUT2D eigenvalue weighted by atomic mass is 16.1. The van der Waals surface area contributed by atoms with Gasteiger partial charge in [0.1, 0.15) is 11.6 Å². The molecule has 7 nitrogen and oxygen atoms in total. The number of imidazole rings is 1. The molecule has 5 aromatic rings. The average molecular weight is 449 g/mol. The third kappa shape index (κ3) is 4.63. The molecule has 0 bridgehead atoms. The molecule has 0 spiro atoms. The van der Waals surface area contributed by atoms with Gasteiger partial charge in [0.2, 0.25) is 0 Å². The maximum absolute atomic E-state index is 13.1. The van der Waals surface area contributed by atoms with Crippen molar-refractivity contribution >= 4 is 22.8 Å². The fraction of sp³-hybridized carbons (Fsp3) is 0.111. The molecule has 0 saturated heterocycles. The molecule has 168 valence electrons. The molecule has 1 amide bonds. The SMILES string of the molecule is Cc1ccccc1-c1ccc(C(=O)NCc2nc3ccccc3[nH]2)c(NCc2cccnc2)n1. The van der Waals surface area contributed by atoms with Crippen LogP contribution in [0.25, 0.3) is 22.3 Å². The average Bonchev–Trinajstić information content (AvgIpc) is 3.30. The largest absolute Gasteiger partial charge is 0.365 e. The number of anilines is 1. The number of H-pyrrole nitrogens is 1. The Morgan fingerprint density at radius 1 is 0.912 bits per heavy atom. The highest BCUT2D eigenvalue weighted by molar-refractivity contribution is 5.99. The zero-order valence-electron chi connectivity index (χ0n) is 18.7. The molecule has 0 atom stereocenters. The minimum absolute atomic E-state index is 0.224. The molecule has 3 N–H and O–H groups in total. The lowest BCUT2D eigenvalue weighted by Gasteiger charge is -2.14. The number of carbonyl (C=O) groups is 1. The van der Waals surface area contributed by atoms with Crippen LogP contribution in [0.5, 0.6) is 0 Å². The molecule has 7 heteroatoms. The van der Waals surface area contributed by atoms with E-state index in [4.69, 9.17) is 4.98 Å². The quantitative estimate of drug-likeness (QED) is 0.330. The van der Waals surface area contributed by atoms with Gasteiger partial charge in [0, 0.05) is 24.5 Å². The zero-order chi connectivity index (χ0) is 23.3. The first kappa shape index (κ1) is 21.3. The van der Waals surface area contributed by atoms with E-state index in [0.717, 1.165) is 33.4 Å². The van der Waals surface area contributed by atoms with Gasteiger partial charge in [0.25, 0.3) is 5.91 Å². The summed E-state index contributed by atoms with van der Waals surface area (Å²) in [6.45, 7) is 2.84. The van der Waals surface area contributed by atoms with E-state index < -0.39 is 0 Å². The lowest BCUT2D eigenvalue weighted by atomic mass is 10.0. The Labute approximate surface area is 197 Å². The number of amides is 1. The number of aromatic nitrogens is 4. The van der Waals surface area contributed by atoms with Crippen LogP contribution in [0.15, 0.2) is 85.2 Å². The van der Waals surface area contributed by atoms with Gasteiger partial charge in [0.15, 0.2) is 0 Å². The number of benzene rings is 2. The van der Waals surface area contributed by atoms with Crippen molar-refractivity contribution in [1.29, 1.82) is 0 Å². The molecule has 0 radical (unpaired) electrons. The van der Waals surface area contributed by atoms with Gasteiger partial charge in [-0.25, -0.2) is 9.97 Å². The van der Waals surface area contributed by atoms with E-state index in [1.807, 2.05) is 79.7 Å². The maximum atomic E-state index is 13.1. The van der Waals surface area contributed by atoms with E-state index in [2.05, 4.69) is 25.6 Å². The standard InChI is InChI=1S/C27H24N6O/c1-18-7-2-3-9-20(18)22-13-12-21(26(33-22)29-16-19-8-6-14-28-15-19)27(34)30-17-25-31-23-10-4-5-11-24(23)32-25/h2-15H,16-17H2,1H3,(H,29,33)(H,30,34)(H,31,32). The number of hydrogen-bond acceptors (Lipinski definition) is 5. The van der Waals surface area contributed by atoms with Gasteiger partial charge in [-0.2, -0.15) is 0 Å². The molecule has 0 aliphatic heterocycles. The molecular weight excluding hydrogens is 424 g/mol. The lowest BCUT2D eigenvalue weighted by Crippen LogP contribution is -2.25. The smallest absolute Gasteiger partial charge is 0.255 e. The van der Waals surface area contributed by atoms with Gasteiger partial charge in [-0.15, -0.1) is 0 Å². The first-order valence-electron chi connectivity index (χ1n) is 11.1. The summed E-state index contributed by atoms with van der Waals surface area (Å²) >= 11 is 0. The molecule has 3 heterocycles. The number of carbonyl (C=O) groups excluding carboxylic acids is 1. The predicted octanol–water partition coefficient (Wildman–Crippen LogP) is 4.87. The summed E-state index contributed by atoms with van der Waals surface area (Å²) in [7, 11) is 0. The second kappa shape index (κ2) is 9.54. The fourth-order valence-corrected chi connectivity index (χ4v) is 3.82. The molecule has 0 unspecified atom stereocenters. The Bertz CT molecular complexity index is 1410. The molecule has 0 aliphatic carbocycles. The third-order valence-electron chi connectivity index (χ3n) is 5.60. The van der Waals surface area contributed by atoms with E-state index in [0.29, 0.717) is 23.8 Å². The van der Waals surface area contributed by atoms with E-state index in [9.17, 15) is 4.79 Å². The first-order chi connectivity index (χ1) is 16.7. The van der Waals surface area contributed by atoms with Crippen molar-refractivity contribution in [2.45, 2.75) is 20.0 Å². The Morgan fingerprint density at radius 2 is 1.76 bits per heavy atom. The van der Waals surface area contributed by atoms with Crippen LogP contribution in [0, 0.1) is 6.92 Å². The van der Waals surface area contributed by atoms with Gasteiger partial charge in [0.05, 0.1) is 28.8 Å². The van der Waals surface area contributed by atoms with Crippen molar-refractivity contribution < 1.29 is 4.79 Å². The number of pyridine rings is 2. The topological polar surface area (TPSA) is 95.6 Å². The maximum Gasteiger partial charge on any atom is 0.255 e. The van der Waals surface area contributed by atoms with Gasteiger partial charge >= 0.3 is 0 Å². The second-order valence-corrected chi connectivity index (χ2v) is 8.01.